The van der Waals surface area contributed by atoms with Crippen LogP contribution in [0.25, 0.3) is 0 Å². The molecule has 0 aliphatic rings. The minimum Gasteiger partial charge on any atom is -0.489 e. The van der Waals surface area contributed by atoms with Crippen molar-refractivity contribution in [3.05, 3.63) is 65.2 Å². The first-order valence-corrected chi connectivity index (χ1v) is 5.64. The lowest BCUT2D eigenvalue weighted by molar-refractivity contribution is 0.278. The van der Waals surface area contributed by atoms with Crippen molar-refractivity contribution in [2.45, 2.75) is 13.2 Å². The zero-order valence-electron chi connectivity index (χ0n) is 9.84. The molecular formula is C15H13NO2. The number of aliphatic hydroxyl groups excluding tert-OH is 1. The predicted octanol–water partition coefficient (Wildman–Crippen LogP) is 2.63. The standard InChI is InChI=1S/C15H13NO2/c16-9-13-5-1-2-6-14(13)11-18-15-7-3-4-12(8-15)10-17/h1-8,17H,10-11H2. The van der Waals surface area contributed by atoms with E-state index in [1.54, 1.807) is 12.1 Å². The van der Waals surface area contributed by atoms with Crippen LogP contribution in [0.4, 0.5) is 0 Å². The molecule has 1 N–H and O–H groups in total. The highest BCUT2D eigenvalue weighted by Gasteiger charge is 2.02. The monoisotopic (exact) mass is 239 g/mol. The third-order valence-electron chi connectivity index (χ3n) is 2.61. The minimum atomic E-state index is -0.00795. The fraction of sp³-hybridized carbons (Fsp3) is 0.133. The van der Waals surface area contributed by atoms with Gasteiger partial charge in [0.1, 0.15) is 12.4 Å². The van der Waals surface area contributed by atoms with Crippen molar-refractivity contribution in [1.82, 2.24) is 0 Å². The molecule has 0 bridgehead atoms. The summed E-state index contributed by atoms with van der Waals surface area (Å²) in [5, 5.41) is 18.0. The molecule has 3 heteroatoms. The second-order valence-corrected chi connectivity index (χ2v) is 3.86. The maximum Gasteiger partial charge on any atom is 0.120 e. The van der Waals surface area contributed by atoms with Gasteiger partial charge < -0.3 is 9.84 Å². The number of ether oxygens (including phenoxy) is 1. The first-order valence-electron chi connectivity index (χ1n) is 5.64. The highest BCUT2D eigenvalue weighted by molar-refractivity contribution is 5.37. The predicted molar refractivity (Wildman–Crippen MR) is 67.9 cm³/mol. The third kappa shape index (κ3) is 2.88. The van der Waals surface area contributed by atoms with Crippen LogP contribution in [0.2, 0.25) is 0 Å². The summed E-state index contributed by atoms with van der Waals surface area (Å²) in [5.41, 5.74) is 2.28. The summed E-state index contributed by atoms with van der Waals surface area (Å²) in [5.74, 6) is 0.689. The maximum atomic E-state index is 9.03. The van der Waals surface area contributed by atoms with Gasteiger partial charge in [-0.05, 0) is 23.8 Å². The topological polar surface area (TPSA) is 53.2 Å². The van der Waals surface area contributed by atoms with Crippen LogP contribution in [0.15, 0.2) is 48.5 Å². The molecule has 2 aromatic carbocycles. The first-order chi connectivity index (χ1) is 8.83. The van der Waals surface area contributed by atoms with E-state index in [9.17, 15) is 0 Å². The smallest absolute Gasteiger partial charge is 0.120 e. The van der Waals surface area contributed by atoms with Crippen LogP contribution in [0.3, 0.4) is 0 Å². The van der Waals surface area contributed by atoms with Gasteiger partial charge in [0.15, 0.2) is 0 Å². The van der Waals surface area contributed by atoms with Gasteiger partial charge in [-0.3, -0.25) is 0 Å². The molecule has 0 saturated carbocycles. The van der Waals surface area contributed by atoms with Crippen molar-refractivity contribution < 1.29 is 9.84 Å². The number of aliphatic hydroxyl groups is 1. The Morgan fingerprint density at radius 1 is 1.11 bits per heavy atom. The second-order valence-electron chi connectivity index (χ2n) is 3.86. The van der Waals surface area contributed by atoms with E-state index in [0.717, 1.165) is 11.1 Å². The third-order valence-corrected chi connectivity index (χ3v) is 2.61. The first kappa shape index (κ1) is 12.2. The van der Waals surface area contributed by atoms with E-state index in [2.05, 4.69) is 6.07 Å². The van der Waals surface area contributed by atoms with Gasteiger partial charge in [0.2, 0.25) is 0 Å². The number of rotatable bonds is 4. The van der Waals surface area contributed by atoms with Crippen molar-refractivity contribution in [3.8, 4) is 11.8 Å². The lowest BCUT2D eigenvalue weighted by Gasteiger charge is -2.08. The molecule has 0 aliphatic heterocycles. The van der Waals surface area contributed by atoms with E-state index < -0.39 is 0 Å². The molecule has 3 nitrogen and oxygen atoms in total. The Hall–Kier alpha value is -2.31. The van der Waals surface area contributed by atoms with Gasteiger partial charge in [0.25, 0.3) is 0 Å². The molecule has 0 spiro atoms. The summed E-state index contributed by atoms with van der Waals surface area (Å²) in [7, 11) is 0. The SMILES string of the molecule is N#Cc1ccccc1COc1cccc(CO)c1. The summed E-state index contributed by atoms with van der Waals surface area (Å²) >= 11 is 0. The number of hydrogen-bond donors (Lipinski definition) is 1. The lowest BCUT2D eigenvalue weighted by atomic mass is 10.1. The fourth-order valence-electron chi connectivity index (χ4n) is 1.65. The number of nitriles is 1. The molecule has 90 valence electrons. The molecule has 0 heterocycles. The van der Waals surface area contributed by atoms with Gasteiger partial charge in [-0.2, -0.15) is 5.26 Å². The second kappa shape index (κ2) is 5.85. The average molecular weight is 239 g/mol. The van der Waals surface area contributed by atoms with Crippen molar-refractivity contribution in [1.29, 1.82) is 5.26 Å². The largest absolute Gasteiger partial charge is 0.489 e. The van der Waals surface area contributed by atoms with E-state index in [4.69, 9.17) is 15.1 Å². The van der Waals surface area contributed by atoms with Crippen LogP contribution < -0.4 is 4.74 Å². The average Bonchev–Trinajstić information content (AvgIpc) is 2.45. The number of benzene rings is 2. The Bertz CT molecular complexity index is 573. The van der Waals surface area contributed by atoms with Gasteiger partial charge in [-0.1, -0.05) is 30.3 Å². The van der Waals surface area contributed by atoms with E-state index >= 15 is 0 Å². The fourth-order valence-corrected chi connectivity index (χ4v) is 1.65. The van der Waals surface area contributed by atoms with Gasteiger partial charge in [-0.15, -0.1) is 0 Å². The zero-order valence-corrected chi connectivity index (χ0v) is 9.84. The quantitative estimate of drug-likeness (QED) is 0.892. The van der Waals surface area contributed by atoms with Gasteiger partial charge >= 0.3 is 0 Å². The molecule has 0 fully saturated rings. The van der Waals surface area contributed by atoms with Gasteiger partial charge in [0.05, 0.1) is 18.2 Å². The maximum absolute atomic E-state index is 9.03. The van der Waals surface area contributed by atoms with Crippen LogP contribution in [0.5, 0.6) is 5.75 Å². The molecule has 2 aromatic rings. The Morgan fingerprint density at radius 2 is 1.94 bits per heavy atom. The summed E-state index contributed by atoms with van der Waals surface area (Å²) in [6.07, 6.45) is 0. The molecule has 0 aliphatic carbocycles. The normalized spacial score (nSPS) is 9.78. The van der Waals surface area contributed by atoms with Crippen LogP contribution in [0, 0.1) is 11.3 Å². The lowest BCUT2D eigenvalue weighted by Crippen LogP contribution is -1.98. The Morgan fingerprint density at radius 3 is 2.72 bits per heavy atom. The summed E-state index contributed by atoms with van der Waals surface area (Å²) in [6, 6.07) is 16.8. The van der Waals surface area contributed by atoms with Crippen LogP contribution in [-0.2, 0) is 13.2 Å². The molecule has 18 heavy (non-hydrogen) atoms. The molecular weight excluding hydrogens is 226 g/mol. The van der Waals surface area contributed by atoms with Crippen LogP contribution >= 0.6 is 0 Å². The zero-order chi connectivity index (χ0) is 12.8. The van der Waals surface area contributed by atoms with Crippen molar-refractivity contribution in [2.75, 3.05) is 0 Å². The highest BCUT2D eigenvalue weighted by Crippen LogP contribution is 2.16. The van der Waals surface area contributed by atoms with Gasteiger partial charge in [-0.25, -0.2) is 0 Å². The Labute approximate surface area is 106 Å². The molecule has 0 amide bonds. The highest BCUT2D eigenvalue weighted by atomic mass is 16.5. The summed E-state index contributed by atoms with van der Waals surface area (Å²) < 4.78 is 5.61. The summed E-state index contributed by atoms with van der Waals surface area (Å²) in [6.45, 7) is 0.338. The number of nitrogens with zero attached hydrogens (tertiary/aromatic N) is 1. The van der Waals surface area contributed by atoms with Crippen LogP contribution in [0.1, 0.15) is 16.7 Å². The molecule has 0 atom stereocenters. The van der Waals surface area contributed by atoms with Crippen molar-refractivity contribution in [2.24, 2.45) is 0 Å². The molecule has 2 rings (SSSR count). The molecule has 0 saturated heterocycles. The summed E-state index contributed by atoms with van der Waals surface area (Å²) in [4.78, 5) is 0. The minimum absolute atomic E-state index is 0.00795. The molecule has 0 radical (unpaired) electrons. The van der Waals surface area contributed by atoms with Gasteiger partial charge in [0, 0.05) is 5.56 Å². The number of hydrogen-bond acceptors (Lipinski definition) is 3. The van der Waals surface area contributed by atoms with E-state index in [0.29, 0.717) is 17.9 Å². The van der Waals surface area contributed by atoms with Crippen molar-refractivity contribution >= 4 is 0 Å². The Balaban J connectivity index is 2.09. The molecule has 0 aromatic heterocycles. The van der Waals surface area contributed by atoms with Crippen molar-refractivity contribution in [3.63, 3.8) is 0 Å². The van der Waals surface area contributed by atoms with E-state index in [-0.39, 0.29) is 6.61 Å². The Kier molecular flexibility index (Phi) is 3.95. The van der Waals surface area contributed by atoms with E-state index in [1.807, 2.05) is 36.4 Å². The van der Waals surface area contributed by atoms with E-state index in [1.165, 1.54) is 0 Å². The van der Waals surface area contributed by atoms with Crippen LogP contribution in [-0.4, -0.2) is 5.11 Å². The molecule has 0 unspecified atom stereocenters.